The maximum atomic E-state index is 12.8. The lowest BCUT2D eigenvalue weighted by Gasteiger charge is -2.07. The van der Waals surface area contributed by atoms with Crippen LogP contribution in [0.5, 0.6) is 5.75 Å². The number of anilines is 1. The van der Waals surface area contributed by atoms with Gasteiger partial charge in [-0.25, -0.2) is 9.78 Å². The van der Waals surface area contributed by atoms with Crippen LogP contribution in [0.3, 0.4) is 0 Å². The summed E-state index contributed by atoms with van der Waals surface area (Å²) in [6.45, 7) is 2.01. The summed E-state index contributed by atoms with van der Waals surface area (Å²) in [6.07, 6.45) is 3.88. The Morgan fingerprint density at radius 3 is 2.78 bits per heavy atom. The third kappa shape index (κ3) is 3.50. The Kier molecular flexibility index (Phi) is 4.71. The molecule has 7 nitrogen and oxygen atoms in total. The minimum Gasteiger partial charge on any atom is -0.497 e. The summed E-state index contributed by atoms with van der Waals surface area (Å²) in [4.78, 5) is 29.9. The molecule has 0 aliphatic rings. The summed E-state index contributed by atoms with van der Waals surface area (Å²) in [5.74, 6) is 0.0552. The monoisotopic (exact) mass is 425 g/mol. The van der Waals surface area contributed by atoms with Crippen molar-refractivity contribution in [3.05, 3.63) is 94.6 Å². The average molecular weight is 425 g/mol. The minimum absolute atomic E-state index is 0.0838. The number of aryl methyl sites for hydroxylation is 1. The first-order valence-electron chi connectivity index (χ1n) is 10.00. The van der Waals surface area contributed by atoms with E-state index in [1.54, 1.807) is 31.4 Å². The van der Waals surface area contributed by atoms with Crippen LogP contribution in [0.25, 0.3) is 27.9 Å². The van der Waals surface area contributed by atoms with Crippen molar-refractivity contribution in [2.75, 3.05) is 12.4 Å². The Balaban J connectivity index is 1.46. The Morgan fingerprint density at radius 1 is 1.09 bits per heavy atom. The molecule has 0 unspecified atom stereocenters. The fourth-order valence-corrected chi connectivity index (χ4v) is 3.63. The zero-order valence-electron chi connectivity index (χ0n) is 17.5. The molecule has 0 aliphatic heterocycles. The van der Waals surface area contributed by atoms with E-state index in [2.05, 4.69) is 5.32 Å². The lowest BCUT2D eigenvalue weighted by atomic mass is 10.1. The molecule has 0 fully saturated rings. The zero-order valence-corrected chi connectivity index (χ0v) is 17.5. The Labute approximate surface area is 182 Å². The first-order valence-corrected chi connectivity index (χ1v) is 10.00. The highest BCUT2D eigenvalue weighted by Crippen LogP contribution is 2.24. The molecule has 0 aliphatic carbocycles. The van der Waals surface area contributed by atoms with Gasteiger partial charge in [0, 0.05) is 29.0 Å². The van der Waals surface area contributed by atoms with E-state index in [1.165, 1.54) is 6.07 Å². The molecular weight excluding hydrogens is 406 g/mol. The van der Waals surface area contributed by atoms with Crippen LogP contribution < -0.4 is 15.7 Å². The number of carbonyl (C=O) groups is 1. The van der Waals surface area contributed by atoms with E-state index in [0.717, 1.165) is 22.5 Å². The smallest absolute Gasteiger partial charge is 0.349 e. The van der Waals surface area contributed by atoms with E-state index >= 15 is 0 Å². The topological polar surface area (TPSA) is 85.8 Å². The first-order chi connectivity index (χ1) is 15.5. The van der Waals surface area contributed by atoms with Crippen LogP contribution in [-0.4, -0.2) is 22.4 Å². The number of rotatable bonds is 4. The predicted octanol–water partition coefficient (Wildman–Crippen LogP) is 4.68. The summed E-state index contributed by atoms with van der Waals surface area (Å²) < 4.78 is 12.5. The average Bonchev–Trinajstić information content (AvgIpc) is 3.24. The molecule has 0 bridgehead atoms. The van der Waals surface area contributed by atoms with E-state index in [-0.39, 0.29) is 5.56 Å². The number of nitrogens with one attached hydrogen (secondary N) is 1. The zero-order chi connectivity index (χ0) is 22.2. The first kappa shape index (κ1) is 19.6. The van der Waals surface area contributed by atoms with Crippen LogP contribution in [0.1, 0.15) is 15.9 Å². The Morgan fingerprint density at radius 2 is 1.97 bits per heavy atom. The van der Waals surface area contributed by atoms with Crippen molar-refractivity contribution < 1.29 is 13.9 Å². The van der Waals surface area contributed by atoms with Gasteiger partial charge in [0.05, 0.1) is 12.8 Å². The van der Waals surface area contributed by atoms with Crippen LogP contribution >= 0.6 is 0 Å². The minimum atomic E-state index is -0.702. The number of hydrogen-bond acceptors (Lipinski definition) is 5. The number of aromatic nitrogens is 2. The number of fused-ring (bicyclic) bond motifs is 2. The standard InChI is InChI=1S/C25H19N3O4/c1-15-5-4-10-28-14-21(27-23(15)28)16-6-3-7-18(11-16)26-24(29)20-13-17-12-19(31-2)8-9-22(17)32-25(20)30/h3-14H,1-2H3,(H,26,29). The molecule has 3 aromatic heterocycles. The molecule has 32 heavy (non-hydrogen) atoms. The quantitative estimate of drug-likeness (QED) is 0.423. The van der Waals surface area contributed by atoms with Crippen LogP contribution in [0, 0.1) is 6.92 Å². The molecule has 2 aromatic carbocycles. The second-order valence-corrected chi connectivity index (χ2v) is 7.43. The van der Waals surface area contributed by atoms with Crippen molar-refractivity contribution in [3.63, 3.8) is 0 Å². The van der Waals surface area contributed by atoms with E-state index in [9.17, 15) is 9.59 Å². The number of carbonyl (C=O) groups excluding carboxylic acids is 1. The second-order valence-electron chi connectivity index (χ2n) is 7.43. The number of nitrogens with zero attached hydrogens (tertiary/aromatic N) is 2. The third-order valence-corrected chi connectivity index (χ3v) is 5.28. The number of benzene rings is 2. The molecule has 0 saturated heterocycles. The predicted molar refractivity (Wildman–Crippen MR) is 122 cm³/mol. The molecule has 1 amide bonds. The molecule has 5 rings (SSSR count). The third-order valence-electron chi connectivity index (χ3n) is 5.28. The molecule has 0 atom stereocenters. The summed E-state index contributed by atoms with van der Waals surface area (Å²) in [6, 6.07) is 17.8. The Hall–Kier alpha value is -4.39. The van der Waals surface area contributed by atoms with Crippen LogP contribution in [0.2, 0.25) is 0 Å². The largest absolute Gasteiger partial charge is 0.497 e. The number of ether oxygens (including phenoxy) is 1. The van der Waals surface area contributed by atoms with Crippen molar-refractivity contribution in [1.29, 1.82) is 0 Å². The maximum absolute atomic E-state index is 12.8. The van der Waals surface area contributed by atoms with Crippen molar-refractivity contribution in [1.82, 2.24) is 9.38 Å². The molecule has 0 saturated carbocycles. The number of hydrogen-bond donors (Lipinski definition) is 1. The van der Waals surface area contributed by atoms with Gasteiger partial charge in [0.15, 0.2) is 0 Å². The van der Waals surface area contributed by atoms with Gasteiger partial charge in [-0.05, 0) is 55.0 Å². The van der Waals surface area contributed by atoms with Gasteiger partial charge in [0.2, 0.25) is 0 Å². The fourth-order valence-electron chi connectivity index (χ4n) is 3.63. The van der Waals surface area contributed by atoms with Crippen LogP contribution in [0.4, 0.5) is 5.69 Å². The lowest BCUT2D eigenvalue weighted by Crippen LogP contribution is -2.20. The highest BCUT2D eigenvalue weighted by molar-refractivity contribution is 6.05. The SMILES string of the molecule is COc1ccc2oc(=O)c(C(=O)Nc3cccc(-c4cn5cccc(C)c5n4)c3)cc2c1. The molecule has 3 heterocycles. The molecule has 0 radical (unpaired) electrons. The number of methoxy groups -OCH3 is 1. The van der Waals surface area contributed by atoms with E-state index < -0.39 is 11.5 Å². The molecule has 158 valence electrons. The van der Waals surface area contributed by atoms with E-state index in [4.69, 9.17) is 14.1 Å². The molecule has 7 heteroatoms. The summed E-state index contributed by atoms with van der Waals surface area (Å²) in [5, 5.41) is 3.38. The Bertz CT molecular complexity index is 1550. The van der Waals surface area contributed by atoms with E-state index in [0.29, 0.717) is 22.4 Å². The highest BCUT2D eigenvalue weighted by atomic mass is 16.5. The maximum Gasteiger partial charge on any atom is 0.349 e. The van der Waals surface area contributed by atoms with Gasteiger partial charge in [0.1, 0.15) is 22.5 Å². The van der Waals surface area contributed by atoms with Gasteiger partial charge in [-0.2, -0.15) is 0 Å². The lowest BCUT2D eigenvalue weighted by molar-refractivity contribution is 0.102. The number of amides is 1. The van der Waals surface area contributed by atoms with Gasteiger partial charge >= 0.3 is 5.63 Å². The normalized spacial score (nSPS) is 11.1. The van der Waals surface area contributed by atoms with Crippen molar-refractivity contribution in [2.24, 2.45) is 0 Å². The van der Waals surface area contributed by atoms with Gasteiger partial charge < -0.3 is 18.9 Å². The number of imidazole rings is 1. The van der Waals surface area contributed by atoms with Crippen LogP contribution in [0.15, 0.2) is 82.3 Å². The molecule has 5 aromatic rings. The van der Waals surface area contributed by atoms with Gasteiger partial charge in [-0.3, -0.25) is 4.79 Å². The van der Waals surface area contributed by atoms with Crippen molar-refractivity contribution >= 4 is 28.2 Å². The summed E-state index contributed by atoms with van der Waals surface area (Å²) in [5.41, 5.74) is 3.73. The second kappa shape index (κ2) is 7.70. The van der Waals surface area contributed by atoms with E-state index in [1.807, 2.05) is 54.0 Å². The number of pyridine rings is 1. The van der Waals surface area contributed by atoms with Gasteiger partial charge in [0.25, 0.3) is 5.91 Å². The fraction of sp³-hybridized carbons (Fsp3) is 0.0800. The molecule has 1 N–H and O–H groups in total. The van der Waals surface area contributed by atoms with Crippen molar-refractivity contribution in [2.45, 2.75) is 6.92 Å². The molecule has 0 spiro atoms. The molecular formula is C25H19N3O4. The van der Waals surface area contributed by atoms with Gasteiger partial charge in [-0.1, -0.05) is 18.2 Å². The summed E-state index contributed by atoms with van der Waals surface area (Å²) >= 11 is 0. The van der Waals surface area contributed by atoms with Crippen molar-refractivity contribution in [3.8, 4) is 17.0 Å². The van der Waals surface area contributed by atoms with Crippen LogP contribution in [-0.2, 0) is 0 Å². The summed E-state index contributed by atoms with van der Waals surface area (Å²) in [7, 11) is 1.55. The van der Waals surface area contributed by atoms with Gasteiger partial charge in [-0.15, -0.1) is 0 Å². The highest BCUT2D eigenvalue weighted by Gasteiger charge is 2.15.